The average Bonchev–Trinajstić information content (AvgIpc) is 3.04. The second-order valence-corrected chi connectivity index (χ2v) is 8.23. The summed E-state index contributed by atoms with van der Waals surface area (Å²) in [5, 5.41) is 9.13. The first-order valence-electron chi connectivity index (χ1n) is 6.84. The number of benzene rings is 1. The zero-order valence-corrected chi connectivity index (χ0v) is 13.4. The molecule has 3 rings (SSSR count). The van der Waals surface area contributed by atoms with Crippen LogP contribution in [0.5, 0.6) is 0 Å². The number of aryl methyl sites for hydroxylation is 3. The molecule has 6 heteroatoms. The van der Waals surface area contributed by atoms with Crippen LogP contribution in [0.15, 0.2) is 29.2 Å². The van der Waals surface area contributed by atoms with Crippen molar-refractivity contribution in [2.45, 2.75) is 37.7 Å². The number of nitrogens with one attached hydrogen (secondary N) is 1. The van der Waals surface area contributed by atoms with Gasteiger partial charge in [0.2, 0.25) is 0 Å². The van der Waals surface area contributed by atoms with Gasteiger partial charge in [0, 0.05) is 15.4 Å². The summed E-state index contributed by atoms with van der Waals surface area (Å²) in [6.45, 7) is 1.61. The number of hydrogen-bond donors (Lipinski definition) is 2. The molecule has 1 heterocycles. The predicted molar refractivity (Wildman–Crippen MR) is 84.3 cm³/mol. The van der Waals surface area contributed by atoms with Crippen molar-refractivity contribution in [3.05, 3.63) is 45.1 Å². The van der Waals surface area contributed by atoms with Gasteiger partial charge in [-0.15, -0.1) is 11.3 Å². The number of hydrogen-bond acceptors (Lipinski definition) is 4. The highest BCUT2D eigenvalue weighted by atomic mass is 32.2. The van der Waals surface area contributed by atoms with Gasteiger partial charge in [0.15, 0.2) is 0 Å². The smallest absolute Gasteiger partial charge is 0.263 e. The third-order valence-electron chi connectivity index (χ3n) is 3.72. The zero-order valence-electron chi connectivity index (χ0n) is 11.7. The molecule has 1 aliphatic rings. The van der Waals surface area contributed by atoms with E-state index in [0.717, 1.165) is 19.3 Å². The second kappa shape index (κ2) is 5.44. The summed E-state index contributed by atoms with van der Waals surface area (Å²) in [6, 6.07) is 7.28. The third kappa shape index (κ3) is 2.84. The molecule has 21 heavy (non-hydrogen) atoms. The van der Waals surface area contributed by atoms with Crippen LogP contribution < -0.4 is 4.72 Å². The van der Waals surface area contributed by atoms with Crippen LogP contribution in [0.3, 0.4) is 0 Å². The molecular weight excluding hydrogens is 306 g/mol. The lowest BCUT2D eigenvalue weighted by molar-refractivity contribution is 0.285. The summed E-state index contributed by atoms with van der Waals surface area (Å²) < 4.78 is 27.6. The molecule has 0 saturated heterocycles. The lowest BCUT2D eigenvalue weighted by Gasteiger charge is -2.09. The molecule has 0 atom stereocenters. The van der Waals surface area contributed by atoms with Crippen LogP contribution in [-0.4, -0.2) is 13.5 Å². The van der Waals surface area contributed by atoms with Crippen LogP contribution in [0.2, 0.25) is 0 Å². The number of fused-ring (bicyclic) bond motifs is 1. The predicted octanol–water partition coefficient (Wildman–Crippen LogP) is 2.84. The Bertz CT molecular complexity index is 778. The van der Waals surface area contributed by atoms with Crippen molar-refractivity contribution in [2.75, 3.05) is 4.72 Å². The largest absolute Gasteiger partial charge is 0.391 e. The van der Waals surface area contributed by atoms with Gasteiger partial charge in [-0.05, 0) is 55.5 Å². The molecule has 2 aromatic rings. The standard InChI is InChI=1S/C15H17NO3S2/c1-10-15(8-14(9-17)20-10)21(18,19)16-13-6-5-11-3-2-4-12(11)7-13/h5-8,16-17H,2-4,9H2,1H3. The lowest BCUT2D eigenvalue weighted by Crippen LogP contribution is -2.13. The molecule has 0 amide bonds. The van der Waals surface area contributed by atoms with E-state index in [0.29, 0.717) is 15.4 Å². The average molecular weight is 323 g/mol. The van der Waals surface area contributed by atoms with Crippen molar-refractivity contribution >= 4 is 27.0 Å². The lowest BCUT2D eigenvalue weighted by atomic mass is 10.1. The molecule has 0 unspecified atom stereocenters. The molecule has 0 aliphatic heterocycles. The van der Waals surface area contributed by atoms with E-state index in [1.54, 1.807) is 6.92 Å². The topological polar surface area (TPSA) is 66.4 Å². The number of sulfonamides is 1. The van der Waals surface area contributed by atoms with E-state index in [9.17, 15) is 8.42 Å². The fourth-order valence-corrected chi connectivity index (χ4v) is 5.26. The van der Waals surface area contributed by atoms with E-state index in [-0.39, 0.29) is 11.5 Å². The fraction of sp³-hybridized carbons (Fsp3) is 0.333. The van der Waals surface area contributed by atoms with Gasteiger partial charge in [-0.25, -0.2) is 8.42 Å². The molecule has 112 valence electrons. The molecule has 1 aliphatic carbocycles. The number of anilines is 1. The minimum atomic E-state index is -3.60. The number of rotatable bonds is 4. The Balaban J connectivity index is 1.90. The Hall–Kier alpha value is -1.37. The maximum absolute atomic E-state index is 12.5. The van der Waals surface area contributed by atoms with Crippen molar-refractivity contribution in [2.24, 2.45) is 0 Å². The quantitative estimate of drug-likeness (QED) is 0.909. The fourth-order valence-electron chi connectivity index (χ4n) is 2.71. The second-order valence-electron chi connectivity index (χ2n) is 5.23. The van der Waals surface area contributed by atoms with Gasteiger partial charge >= 0.3 is 0 Å². The van der Waals surface area contributed by atoms with Gasteiger partial charge in [0.25, 0.3) is 10.0 Å². The van der Waals surface area contributed by atoms with Crippen molar-refractivity contribution in [1.82, 2.24) is 0 Å². The minimum Gasteiger partial charge on any atom is -0.391 e. The van der Waals surface area contributed by atoms with Crippen LogP contribution in [0.25, 0.3) is 0 Å². The van der Waals surface area contributed by atoms with E-state index in [1.807, 2.05) is 18.2 Å². The summed E-state index contributed by atoms with van der Waals surface area (Å²) in [5.41, 5.74) is 3.15. The Kier molecular flexibility index (Phi) is 3.77. The summed E-state index contributed by atoms with van der Waals surface area (Å²) in [6.07, 6.45) is 3.22. The first-order chi connectivity index (χ1) is 9.99. The number of thiophene rings is 1. The van der Waals surface area contributed by atoms with E-state index in [2.05, 4.69) is 4.72 Å². The molecule has 0 fully saturated rings. The molecule has 0 saturated carbocycles. The van der Waals surface area contributed by atoms with Crippen LogP contribution in [0.4, 0.5) is 5.69 Å². The van der Waals surface area contributed by atoms with Gasteiger partial charge in [0.1, 0.15) is 4.90 Å². The first kappa shape index (κ1) is 14.6. The maximum Gasteiger partial charge on any atom is 0.263 e. The molecule has 0 bridgehead atoms. The molecular formula is C15H17NO3S2. The van der Waals surface area contributed by atoms with E-state index in [4.69, 9.17) is 5.11 Å². The van der Waals surface area contributed by atoms with E-state index in [1.165, 1.54) is 28.5 Å². The van der Waals surface area contributed by atoms with E-state index >= 15 is 0 Å². The molecule has 2 N–H and O–H groups in total. The Morgan fingerprint density at radius 2 is 2.00 bits per heavy atom. The Morgan fingerprint density at radius 3 is 2.71 bits per heavy atom. The number of aliphatic hydroxyl groups is 1. The van der Waals surface area contributed by atoms with Crippen molar-refractivity contribution in [3.8, 4) is 0 Å². The SMILES string of the molecule is Cc1sc(CO)cc1S(=O)(=O)Nc1ccc2c(c1)CCC2. The molecule has 1 aromatic carbocycles. The summed E-state index contributed by atoms with van der Waals surface area (Å²) >= 11 is 1.30. The molecule has 4 nitrogen and oxygen atoms in total. The van der Waals surface area contributed by atoms with Gasteiger partial charge in [-0.1, -0.05) is 6.07 Å². The van der Waals surface area contributed by atoms with Crippen LogP contribution >= 0.6 is 11.3 Å². The highest BCUT2D eigenvalue weighted by molar-refractivity contribution is 7.93. The van der Waals surface area contributed by atoms with Crippen molar-refractivity contribution in [1.29, 1.82) is 0 Å². The highest BCUT2D eigenvalue weighted by Crippen LogP contribution is 2.29. The first-order valence-corrected chi connectivity index (χ1v) is 9.14. The minimum absolute atomic E-state index is 0.139. The summed E-state index contributed by atoms with van der Waals surface area (Å²) in [5.74, 6) is 0. The Labute approximate surface area is 128 Å². The van der Waals surface area contributed by atoms with Crippen LogP contribution in [0, 0.1) is 6.92 Å². The van der Waals surface area contributed by atoms with Crippen molar-refractivity contribution < 1.29 is 13.5 Å². The van der Waals surface area contributed by atoms with Crippen molar-refractivity contribution in [3.63, 3.8) is 0 Å². The number of aliphatic hydroxyl groups excluding tert-OH is 1. The zero-order chi connectivity index (χ0) is 15.0. The van der Waals surface area contributed by atoms with Crippen LogP contribution in [0.1, 0.15) is 27.3 Å². The highest BCUT2D eigenvalue weighted by Gasteiger charge is 2.21. The summed E-state index contributed by atoms with van der Waals surface area (Å²) in [7, 11) is -3.60. The maximum atomic E-state index is 12.5. The monoisotopic (exact) mass is 323 g/mol. The van der Waals surface area contributed by atoms with Crippen LogP contribution in [-0.2, 0) is 29.5 Å². The summed E-state index contributed by atoms with van der Waals surface area (Å²) in [4.78, 5) is 1.59. The molecule has 1 aromatic heterocycles. The third-order valence-corrected chi connectivity index (χ3v) is 6.39. The normalized spacial score (nSPS) is 14.2. The molecule has 0 spiro atoms. The van der Waals surface area contributed by atoms with E-state index < -0.39 is 10.0 Å². The van der Waals surface area contributed by atoms with Gasteiger partial charge in [0.05, 0.1) is 6.61 Å². The van der Waals surface area contributed by atoms with Gasteiger partial charge < -0.3 is 5.11 Å². The van der Waals surface area contributed by atoms with Gasteiger partial charge in [-0.2, -0.15) is 0 Å². The Morgan fingerprint density at radius 1 is 1.24 bits per heavy atom. The molecule has 0 radical (unpaired) electrons. The van der Waals surface area contributed by atoms with Gasteiger partial charge in [-0.3, -0.25) is 4.72 Å².